The predicted molar refractivity (Wildman–Crippen MR) is 48.6 cm³/mol. The lowest BCUT2D eigenvalue weighted by atomic mass is 9.38. The SMILES string of the molecule is CC1(C)CC2(CC(B(O)O)C2)C1. The number of hydrogen-bond acceptors (Lipinski definition) is 2. The van der Waals surface area contributed by atoms with E-state index in [9.17, 15) is 0 Å². The number of rotatable bonds is 1. The molecule has 0 atom stereocenters. The van der Waals surface area contributed by atoms with Gasteiger partial charge in [-0.3, -0.25) is 0 Å². The molecule has 0 heterocycles. The van der Waals surface area contributed by atoms with Crippen molar-refractivity contribution in [2.24, 2.45) is 10.8 Å². The molecule has 0 saturated heterocycles. The predicted octanol–water partition coefficient (Wildman–Crippen LogP) is 1.43. The molecule has 0 unspecified atom stereocenters. The summed E-state index contributed by atoms with van der Waals surface area (Å²) in [7, 11) is -1.07. The zero-order valence-corrected chi connectivity index (χ0v) is 7.88. The van der Waals surface area contributed by atoms with E-state index in [-0.39, 0.29) is 5.82 Å². The fourth-order valence-corrected chi connectivity index (χ4v) is 3.53. The van der Waals surface area contributed by atoms with Crippen molar-refractivity contribution in [2.45, 2.75) is 45.3 Å². The molecule has 2 N–H and O–H groups in total. The molecular formula is C9H17BO2. The van der Waals surface area contributed by atoms with Gasteiger partial charge in [0.15, 0.2) is 0 Å². The van der Waals surface area contributed by atoms with E-state index in [0.29, 0.717) is 10.8 Å². The Kier molecular flexibility index (Phi) is 1.62. The Morgan fingerprint density at radius 2 is 1.67 bits per heavy atom. The second-order valence-electron chi connectivity index (χ2n) is 5.60. The highest BCUT2D eigenvalue weighted by atomic mass is 16.4. The summed E-state index contributed by atoms with van der Waals surface area (Å²) in [6, 6.07) is 0. The highest BCUT2D eigenvalue weighted by Crippen LogP contribution is 2.67. The summed E-state index contributed by atoms with van der Waals surface area (Å²) in [5.74, 6) is 0.168. The highest BCUT2D eigenvalue weighted by molar-refractivity contribution is 6.43. The van der Waals surface area contributed by atoms with E-state index in [0.717, 1.165) is 12.8 Å². The molecule has 1 spiro atoms. The molecule has 0 aromatic heterocycles. The van der Waals surface area contributed by atoms with Gasteiger partial charge < -0.3 is 10.0 Å². The fourth-order valence-electron chi connectivity index (χ4n) is 3.53. The Balaban J connectivity index is 1.83. The van der Waals surface area contributed by atoms with Crippen molar-refractivity contribution >= 4 is 7.12 Å². The first-order valence-corrected chi connectivity index (χ1v) is 4.79. The molecule has 2 saturated carbocycles. The van der Waals surface area contributed by atoms with Crippen molar-refractivity contribution in [1.29, 1.82) is 0 Å². The quantitative estimate of drug-likeness (QED) is 0.581. The second-order valence-corrected chi connectivity index (χ2v) is 5.60. The first-order valence-electron chi connectivity index (χ1n) is 4.79. The lowest BCUT2D eigenvalue weighted by molar-refractivity contribution is -0.0797. The lowest BCUT2D eigenvalue weighted by Crippen LogP contribution is -2.52. The van der Waals surface area contributed by atoms with Crippen LogP contribution in [0.2, 0.25) is 5.82 Å². The molecule has 0 aliphatic heterocycles. The van der Waals surface area contributed by atoms with Gasteiger partial charge in [0.1, 0.15) is 0 Å². The van der Waals surface area contributed by atoms with Crippen LogP contribution in [0.5, 0.6) is 0 Å². The van der Waals surface area contributed by atoms with Gasteiger partial charge >= 0.3 is 7.12 Å². The summed E-state index contributed by atoms with van der Waals surface area (Å²) in [5.41, 5.74) is 1.03. The Hall–Kier alpha value is -0.0151. The van der Waals surface area contributed by atoms with Crippen LogP contribution in [0.25, 0.3) is 0 Å². The maximum absolute atomic E-state index is 8.91. The smallest absolute Gasteiger partial charge is 0.427 e. The summed E-state index contributed by atoms with van der Waals surface area (Å²) < 4.78 is 0. The molecule has 0 aromatic rings. The van der Waals surface area contributed by atoms with E-state index in [1.165, 1.54) is 12.8 Å². The van der Waals surface area contributed by atoms with Gasteiger partial charge in [0.2, 0.25) is 0 Å². The van der Waals surface area contributed by atoms with Gasteiger partial charge in [-0.05, 0) is 42.3 Å². The van der Waals surface area contributed by atoms with Crippen LogP contribution in [0.1, 0.15) is 39.5 Å². The third-order valence-electron chi connectivity index (χ3n) is 3.52. The number of hydrogen-bond donors (Lipinski definition) is 2. The molecule has 68 valence electrons. The first kappa shape index (κ1) is 8.58. The topological polar surface area (TPSA) is 40.5 Å². The molecule has 0 aromatic carbocycles. The van der Waals surface area contributed by atoms with E-state index in [2.05, 4.69) is 13.8 Å². The van der Waals surface area contributed by atoms with Crippen molar-refractivity contribution < 1.29 is 10.0 Å². The van der Waals surface area contributed by atoms with Crippen LogP contribution >= 0.6 is 0 Å². The molecule has 12 heavy (non-hydrogen) atoms. The molecule has 0 amide bonds. The summed E-state index contributed by atoms with van der Waals surface area (Å²) >= 11 is 0. The second kappa shape index (κ2) is 2.27. The van der Waals surface area contributed by atoms with E-state index in [1.54, 1.807) is 0 Å². The van der Waals surface area contributed by atoms with Crippen LogP contribution in [0, 0.1) is 10.8 Å². The van der Waals surface area contributed by atoms with E-state index in [4.69, 9.17) is 10.0 Å². The van der Waals surface area contributed by atoms with Crippen molar-refractivity contribution in [3.8, 4) is 0 Å². The van der Waals surface area contributed by atoms with Crippen molar-refractivity contribution in [3.63, 3.8) is 0 Å². The Morgan fingerprint density at radius 1 is 1.17 bits per heavy atom. The summed E-state index contributed by atoms with van der Waals surface area (Å²) in [6.45, 7) is 4.59. The minimum absolute atomic E-state index is 0.168. The molecular weight excluding hydrogens is 151 g/mol. The van der Waals surface area contributed by atoms with Gasteiger partial charge in [-0.25, -0.2) is 0 Å². The van der Waals surface area contributed by atoms with Gasteiger partial charge in [0.05, 0.1) is 0 Å². The molecule has 2 fully saturated rings. The Bertz CT molecular complexity index is 185. The molecule has 2 rings (SSSR count). The third kappa shape index (κ3) is 1.19. The van der Waals surface area contributed by atoms with Crippen LogP contribution in [0.3, 0.4) is 0 Å². The van der Waals surface area contributed by atoms with Gasteiger partial charge in [-0.15, -0.1) is 0 Å². The summed E-state index contributed by atoms with van der Waals surface area (Å²) in [5, 5.41) is 17.8. The van der Waals surface area contributed by atoms with Gasteiger partial charge in [0.25, 0.3) is 0 Å². The minimum atomic E-state index is -1.07. The standard InChI is InChI=1S/C9H17BO2/c1-8(2)5-9(6-8)3-7(4-9)10(11)12/h7,11-12H,3-6H2,1-2H3. The maximum Gasteiger partial charge on any atom is 0.454 e. The van der Waals surface area contributed by atoms with Crippen LogP contribution in [-0.4, -0.2) is 17.2 Å². The van der Waals surface area contributed by atoms with E-state index >= 15 is 0 Å². The highest BCUT2D eigenvalue weighted by Gasteiger charge is 2.58. The van der Waals surface area contributed by atoms with Crippen LogP contribution in [0.4, 0.5) is 0 Å². The summed E-state index contributed by atoms with van der Waals surface area (Å²) in [6.07, 6.45) is 4.63. The monoisotopic (exact) mass is 168 g/mol. The normalized spacial score (nSPS) is 31.0. The molecule has 2 aliphatic carbocycles. The largest absolute Gasteiger partial charge is 0.454 e. The maximum atomic E-state index is 8.91. The minimum Gasteiger partial charge on any atom is -0.427 e. The molecule has 2 aliphatic rings. The van der Waals surface area contributed by atoms with E-state index < -0.39 is 7.12 Å². The fraction of sp³-hybridized carbons (Fsp3) is 1.00. The van der Waals surface area contributed by atoms with Gasteiger partial charge in [-0.2, -0.15) is 0 Å². The zero-order chi connectivity index (χ0) is 8.98. The Morgan fingerprint density at radius 3 is 2.00 bits per heavy atom. The van der Waals surface area contributed by atoms with Gasteiger partial charge in [-0.1, -0.05) is 13.8 Å². The molecule has 3 heteroatoms. The molecule has 0 bridgehead atoms. The molecule has 0 radical (unpaired) electrons. The summed E-state index contributed by atoms with van der Waals surface area (Å²) in [4.78, 5) is 0. The molecule has 2 nitrogen and oxygen atoms in total. The first-order chi connectivity index (χ1) is 5.43. The average molecular weight is 168 g/mol. The zero-order valence-electron chi connectivity index (χ0n) is 7.88. The van der Waals surface area contributed by atoms with Crippen molar-refractivity contribution in [1.82, 2.24) is 0 Å². The lowest BCUT2D eigenvalue weighted by Gasteiger charge is -2.61. The van der Waals surface area contributed by atoms with Crippen LogP contribution in [-0.2, 0) is 0 Å². The van der Waals surface area contributed by atoms with E-state index in [1.807, 2.05) is 0 Å². The van der Waals surface area contributed by atoms with Crippen molar-refractivity contribution in [2.75, 3.05) is 0 Å². The average Bonchev–Trinajstić information content (AvgIpc) is 1.75. The van der Waals surface area contributed by atoms with Crippen LogP contribution in [0.15, 0.2) is 0 Å². The Labute approximate surface area is 74.1 Å². The third-order valence-corrected chi connectivity index (χ3v) is 3.52. The van der Waals surface area contributed by atoms with Gasteiger partial charge in [0, 0.05) is 0 Å². The van der Waals surface area contributed by atoms with Crippen molar-refractivity contribution in [3.05, 3.63) is 0 Å². The van der Waals surface area contributed by atoms with Crippen LogP contribution < -0.4 is 0 Å².